The van der Waals surface area contributed by atoms with Crippen molar-refractivity contribution in [3.8, 4) is 0 Å². The number of nitrogens with one attached hydrogen (secondary N) is 1. The Hall–Kier alpha value is -1.55. The third-order valence-corrected chi connectivity index (χ3v) is 3.82. The maximum Gasteiger partial charge on any atom is 0.241 e. The van der Waals surface area contributed by atoms with Crippen molar-refractivity contribution in [2.45, 2.75) is 40.2 Å². The van der Waals surface area contributed by atoms with Crippen molar-refractivity contribution in [3.63, 3.8) is 0 Å². The Bertz CT molecular complexity index is 412. The van der Waals surface area contributed by atoms with E-state index in [1.807, 2.05) is 38.1 Å². The SMILES string of the molecule is CCC(C)C(N)C(=O)Nc1ccc(N(CC)CC)cc1. The average Bonchev–Trinajstić information content (AvgIpc) is 2.48. The van der Waals surface area contributed by atoms with Gasteiger partial charge in [-0.2, -0.15) is 0 Å². The van der Waals surface area contributed by atoms with E-state index in [4.69, 9.17) is 5.73 Å². The second kappa shape index (κ2) is 7.90. The Morgan fingerprint density at radius 3 is 2.20 bits per heavy atom. The van der Waals surface area contributed by atoms with Gasteiger partial charge in [-0.1, -0.05) is 20.3 Å². The maximum atomic E-state index is 12.0. The first kappa shape index (κ1) is 16.5. The lowest BCUT2D eigenvalue weighted by molar-refractivity contribution is -0.118. The van der Waals surface area contributed by atoms with Gasteiger partial charge in [0.1, 0.15) is 0 Å². The number of carbonyl (C=O) groups excluding carboxylic acids is 1. The van der Waals surface area contributed by atoms with Crippen molar-refractivity contribution in [2.75, 3.05) is 23.3 Å². The molecule has 0 saturated heterocycles. The Morgan fingerprint density at radius 2 is 1.75 bits per heavy atom. The molecule has 0 aromatic heterocycles. The molecule has 4 heteroatoms. The van der Waals surface area contributed by atoms with Crippen LogP contribution in [0.5, 0.6) is 0 Å². The zero-order valence-electron chi connectivity index (χ0n) is 13.0. The number of benzene rings is 1. The van der Waals surface area contributed by atoms with Crippen molar-refractivity contribution >= 4 is 17.3 Å². The number of amides is 1. The minimum atomic E-state index is -0.456. The van der Waals surface area contributed by atoms with E-state index < -0.39 is 6.04 Å². The summed E-state index contributed by atoms with van der Waals surface area (Å²) in [7, 11) is 0. The monoisotopic (exact) mass is 277 g/mol. The zero-order valence-corrected chi connectivity index (χ0v) is 13.0. The molecule has 1 amide bonds. The Labute approximate surface area is 122 Å². The molecule has 2 atom stereocenters. The number of hydrogen-bond acceptors (Lipinski definition) is 3. The van der Waals surface area contributed by atoms with Crippen LogP contribution in [0.4, 0.5) is 11.4 Å². The summed E-state index contributed by atoms with van der Waals surface area (Å²) in [5.41, 5.74) is 7.88. The molecule has 3 N–H and O–H groups in total. The van der Waals surface area contributed by atoms with Gasteiger partial charge in [-0.3, -0.25) is 4.79 Å². The van der Waals surface area contributed by atoms with E-state index in [1.165, 1.54) is 5.69 Å². The van der Waals surface area contributed by atoms with E-state index in [9.17, 15) is 4.79 Å². The largest absolute Gasteiger partial charge is 0.372 e. The topological polar surface area (TPSA) is 58.4 Å². The van der Waals surface area contributed by atoms with Gasteiger partial charge >= 0.3 is 0 Å². The van der Waals surface area contributed by atoms with Crippen LogP contribution in [-0.4, -0.2) is 25.0 Å². The fourth-order valence-electron chi connectivity index (χ4n) is 2.08. The number of carbonyl (C=O) groups is 1. The van der Waals surface area contributed by atoms with Crippen molar-refractivity contribution in [3.05, 3.63) is 24.3 Å². The van der Waals surface area contributed by atoms with Crippen LogP contribution < -0.4 is 16.0 Å². The Kier molecular flexibility index (Phi) is 6.52. The van der Waals surface area contributed by atoms with Crippen LogP contribution in [0.25, 0.3) is 0 Å². The minimum absolute atomic E-state index is 0.116. The smallest absolute Gasteiger partial charge is 0.241 e. The third-order valence-electron chi connectivity index (χ3n) is 3.82. The molecule has 20 heavy (non-hydrogen) atoms. The van der Waals surface area contributed by atoms with Gasteiger partial charge in [0.05, 0.1) is 6.04 Å². The van der Waals surface area contributed by atoms with Gasteiger partial charge in [0.25, 0.3) is 0 Å². The molecular weight excluding hydrogens is 250 g/mol. The van der Waals surface area contributed by atoms with Crippen LogP contribution in [0.15, 0.2) is 24.3 Å². The van der Waals surface area contributed by atoms with E-state index in [0.29, 0.717) is 0 Å². The first-order valence-corrected chi connectivity index (χ1v) is 7.44. The van der Waals surface area contributed by atoms with Crippen LogP contribution in [0.1, 0.15) is 34.1 Å². The van der Waals surface area contributed by atoms with Gasteiger partial charge in [0, 0.05) is 24.5 Å². The molecule has 0 bridgehead atoms. The van der Waals surface area contributed by atoms with Gasteiger partial charge in [-0.25, -0.2) is 0 Å². The molecule has 4 nitrogen and oxygen atoms in total. The standard InChI is InChI=1S/C16H27N3O/c1-5-12(4)15(17)16(20)18-13-8-10-14(11-9-13)19(6-2)7-3/h8-12,15H,5-7,17H2,1-4H3,(H,18,20). The quantitative estimate of drug-likeness (QED) is 0.805. The minimum Gasteiger partial charge on any atom is -0.372 e. The molecular formula is C16H27N3O. The fraction of sp³-hybridized carbons (Fsp3) is 0.562. The van der Waals surface area contributed by atoms with Crippen molar-refractivity contribution in [2.24, 2.45) is 11.7 Å². The van der Waals surface area contributed by atoms with Gasteiger partial charge in [-0.15, -0.1) is 0 Å². The molecule has 0 aliphatic carbocycles. The molecule has 1 aromatic rings. The molecule has 0 aliphatic heterocycles. The number of nitrogens with two attached hydrogens (primary N) is 1. The highest BCUT2D eigenvalue weighted by atomic mass is 16.2. The first-order valence-electron chi connectivity index (χ1n) is 7.44. The fourth-order valence-corrected chi connectivity index (χ4v) is 2.08. The first-order chi connectivity index (χ1) is 9.53. The Morgan fingerprint density at radius 1 is 1.20 bits per heavy atom. The summed E-state index contributed by atoms with van der Waals surface area (Å²) in [4.78, 5) is 14.3. The second-order valence-electron chi connectivity index (χ2n) is 5.12. The molecule has 0 aliphatic rings. The van der Waals surface area contributed by atoms with Crippen LogP contribution in [-0.2, 0) is 4.79 Å². The summed E-state index contributed by atoms with van der Waals surface area (Å²) < 4.78 is 0. The average molecular weight is 277 g/mol. The van der Waals surface area contributed by atoms with Crippen LogP contribution in [0, 0.1) is 5.92 Å². The molecule has 1 rings (SSSR count). The summed E-state index contributed by atoms with van der Waals surface area (Å²) in [6.07, 6.45) is 0.898. The van der Waals surface area contributed by atoms with Crippen LogP contribution >= 0.6 is 0 Å². The summed E-state index contributed by atoms with van der Waals surface area (Å²) in [5.74, 6) is 0.0693. The van der Waals surface area contributed by atoms with Crippen LogP contribution in [0.3, 0.4) is 0 Å². The summed E-state index contributed by atoms with van der Waals surface area (Å²) in [5, 5.41) is 2.88. The summed E-state index contributed by atoms with van der Waals surface area (Å²) in [6.45, 7) is 10.2. The highest BCUT2D eigenvalue weighted by Gasteiger charge is 2.19. The molecule has 0 saturated carbocycles. The molecule has 0 spiro atoms. The highest BCUT2D eigenvalue weighted by molar-refractivity contribution is 5.95. The predicted molar refractivity (Wildman–Crippen MR) is 86.1 cm³/mol. The lowest BCUT2D eigenvalue weighted by atomic mass is 9.99. The number of rotatable bonds is 7. The van der Waals surface area contributed by atoms with Gasteiger partial charge in [-0.05, 0) is 44.0 Å². The van der Waals surface area contributed by atoms with Gasteiger partial charge in [0.2, 0.25) is 5.91 Å². The normalized spacial score (nSPS) is 13.7. The van der Waals surface area contributed by atoms with E-state index >= 15 is 0 Å². The number of nitrogens with zero attached hydrogens (tertiary/aromatic N) is 1. The lowest BCUT2D eigenvalue weighted by Gasteiger charge is -2.21. The van der Waals surface area contributed by atoms with Crippen molar-refractivity contribution < 1.29 is 4.79 Å². The van der Waals surface area contributed by atoms with Crippen LogP contribution in [0.2, 0.25) is 0 Å². The number of hydrogen-bond donors (Lipinski definition) is 2. The Balaban J connectivity index is 2.68. The van der Waals surface area contributed by atoms with E-state index in [0.717, 1.165) is 25.2 Å². The van der Waals surface area contributed by atoms with E-state index in [-0.39, 0.29) is 11.8 Å². The maximum absolute atomic E-state index is 12.0. The molecule has 2 unspecified atom stereocenters. The molecule has 0 fully saturated rings. The molecule has 0 heterocycles. The highest BCUT2D eigenvalue weighted by Crippen LogP contribution is 2.18. The summed E-state index contributed by atoms with van der Waals surface area (Å²) >= 11 is 0. The van der Waals surface area contributed by atoms with Crippen molar-refractivity contribution in [1.82, 2.24) is 0 Å². The molecule has 112 valence electrons. The third kappa shape index (κ3) is 4.23. The van der Waals surface area contributed by atoms with Crippen molar-refractivity contribution in [1.29, 1.82) is 0 Å². The second-order valence-corrected chi connectivity index (χ2v) is 5.12. The molecule has 0 radical (unpaired) electrons. The predicted octanol–water partition coefficient (Wildman–Crippen LogP) is 2.84. The number of anilines is 2. The van der Waals surface area contributed by atoms with E-state index in [1.54, 1.807) is 0 Å². The summed E-state index contributed by atoms with van der Waals surface area (Å²) in [6, 6.07) is 7.45. The van der Waals surface area contributed by atoms with E-state index in [2.05, 4.69) is 24.1 Å². The zero-order chi connectivity index (χ0) is 15.1. The lowest BCUT2D eigenvalue weighted by Crippen LogP contribution is -2.40. The van der Waals surface area contributed by atoms with Gasteiger partial charge in [0.15, 0.2) is 0 Å². The van der Waals surface area contributed by atoms with Gasteiger partial charge < -0.3 is 16.0 Å². The molecule has 1 aromatic carbocycles.